The van der Waals surface area contributed by atoms with Crippen molar-refractivity contribution in [3.63, 3.8) is 0 Å². The molecule has 2 fully saturated rings. The first-order valence-electron chi connectivity index (χ1n) is 9.75. The van der Waals surface area contributed by atoms with Crippen LogP contribution >= 0.6 is 0 Å². The van der Waals surface area contributed by atoms with Crippen molar-refractivity contribution in [2.75, 3.05) is 26.2 Å². The average Bonchev–Trinajstić information content (AvgIpc) is 2.82. The summed E-state index contributed by atoms with van der Waals surface area (Å²) in [5, 5.41) is 0. The van der Waals surface area contributed by atoms with Gasteiger partial charge in [-0.05, 0) is 77.1 Å². The molecule has 0 bridgehead atoms. The second kappa shape index (κ2) is 8.06. The summed E-state index contributed by atoms with van der Waals surface area (Å²) >= 11 is 0. The summed E-state index contributed by atoms with van der Waals surface area (Å²) in [4.78, 5) is 1.83. The standard InChI is InChI=1S/C20H30BF2NO3/c1-19(2)20(3,4)27-21(26-19)16-6-5-7-17(12-16)25-14-15-8-10-24(11-9-15)13-18(22)23/h5-7,12,15,18H,8-11,13-14H2,1-4H3. The van der Waals surface area contributed by atoms with Crippen molar-refractivity contribution in [2.45, 2.75) is 58.2 Å². The molecule has 0 spiro atoms. The second-order valence-corrected chi connectivity index (χ2v) is 8.61. The summed E-state index contributed by atoms with van der Waals surface area (Å²) in [6.45, 7) is 10.1. The largest absolute Gasteiger partial charge is 0.494 e. The first kappa shape index (κ1) is 20.6. The topological polar surface area (TPSA) is 30.9 Å². The molecule has 0 aromatic heterocycles. The Balaban J connectivity index is 1.52. The van der Waals surface area contributed by atoms with Crippen LogP contribution in [0.2, 0.25) is 0 Å². The number of rotatable bonds is 6. The zero-order valence-electron chi connectivity index (χ0n) is 16.7. The molecule has 1 aromatic rings. The van der Waals surface area contributed by atoms with Crippen LogP contribution in [0, 0.1) is 5.92 Å². The predicted octanol–water partition coefficient (Wildman–Crippen LogP) is 3.34. The molecule has 2 heterocycles. The fraction of sp³-hybridized carbons (Fsp3) is 0.700. The minimum absolute atomic E-state index is 0.121. The van der Waals surface area contributed by atoms with Gasteiger partial charge in [0.25, 0.3) is 6.43 Å². The van der Waals surface area contributed by atoms with E-state index >= 15 is 0 Å². The summed E-state index contributed by atoms with van der Waals surface area (Å²) in [5.74, 6) is 1.19. The molecule has 0 radical (unpaired) electrons. The van der Waals surface area contributed by atoms with Gasteiger partial charge < -0.3 is 14.0 Å². The normalized spacial score (nSPS) is 23.1. The number of ether oxygens (including phenoxy) is 1. The summed E-state index contributed by atoms with van der Waals surface area (Å²) in [5.41, 5.74) is 0.194. The van der Waals surface area contributed by atoms with E-state index in [0.29, 0.717) is 25.6 Å². The fourth-order valence-corrected chi connectivity index (χ4v) is 3.48. The molecule has 0 aliphatic carbocycles. The van der Waals surface area contributed by atoms with Crippen LogP contribution in [0.15, 0.2) is 24.3 Å². The molecule has 3 rings (SSSR count). The van der Waals surface area contributed by atoms with Gasteiger partial charge in [-0.1, -0.05) is 12.1 Å². The number of likely N-dealkylation sites (tertiary alicyclic amines) is 1. The van der Waals surface area contributed by atoms with Gasteiger partial charge in [0.2, 0.25) is 0 Å². The lowest BCUT2D eigenvalue weighted by molar-refractivity contribution is 0.00578. The van der Waals surface area contributed by atoms with Crippen molar-refractivity contribution < 1.29 is 22.8 Å². The maximum Gasteiger partial charge on any atom is 0.494 e. The quantitative estimate of drug-likeness (QED) is 0.708. The van der Waals surface area contributed by atoms with Gasteiger partial charge in [-0.2, -0.15) is 0 Å². The fourth-order valence-electron chi connectivity index (χ4n) is 3.48. The number of benzene rings is 1. The van der Waals surface area contributed by atoms with Crippen LogP contribution in [0.25, 0.3) is 0 Å². The van der Waals surface area contributed by atoms with Gasteiger partial charge in [-0.3, -0.25) is 4.90 Å². The van der Waals surface area contributed by atoms with Crippen LogP contribution in [-0.2, 0) is 9.31 Å². The Hall–Kier alpha value is -1.18. The van der Waals surface area contributed by atoms with Crippen molar-refractivity contribution in [1.29, 1.82) is 0 Å². The Morgan fingerprint density at radius 1 is 1.15 bits per heavy atom. The van der Waals surface area contributed by atoms with Crippen molar-refractivity contribution in [1.82, 2.24) is 4.90 Å². The predicted molar refractivity (Wildman–Crippen MR) is 103 cm³/mol. The van der Waals surface area contributed by atoms with Gasteiger partial charge in [-0.15, -0.1) is 0 Å². The molecule has 1 aromatic carbocycles. The maximum absolute atomic E-state index is 12.5. The molecular weight excluding hydrogens is 351 g/mol. The highest BCUT2D eigenvalue weighted by atomic mass is 19.3. The van der Waals surface area contributed by atoms with E-state index in [0.717, 1.165) is 24.1 Å². The van der Waals surface area contributed by atoms with Crippen molar-refractivity contribution >= 4 is 12.6 Å². The first-order valence-corrected chi connectivity index (χ1v) is 9.75. The van der Waals surface area contributed by atoms with Crippen LogP contribution in [-0.4, -0.2) is 55.9 Å². The molecular formula is C20H30BF2NO3. The number of halogens is 2. The van der Waals surface area contributed by atoms with Gasteiger partial charge in [0, 0.05) is 0 Å². The van der Waals surface area contributed by atoms with Crippen LogP contribution in [0.5, 0.6) is 5.75 Å². The smallest absolute Gasteiger partial charge is 0.493 e. The van der Waals surface area contributed by atoms with E-state index in [1.54, 1.807) is 0 Å². The third-order valence-corrected chi connectivity index (χ3v) is 5.97. The van der Waals surface area contributed by atoms with E-state index in [1.165, 1.54) is 0 Å². The van der Waals surface area contributed by atoms with Gasteiger partial charge in [0.15, 0.2) is 0 Å². The molecule has 7 heteroatoms. The highest BCUT2D eigenvalue weighted by molar-refractivity contribution is 6.62. The molecule has 0 atom stereocenters. The summed E-state index contributed by atoms with van der Waals surface area (Å²) in [6.07, 6.45) is -0.469. The van der Waals surface area contributed by atoms with Crippen molar-refractivity contribution in [2.24, 2.45) is 5.92 Å². The van der Waals surface area contributed by atoms with Gasteiger partial charge in [0.05, 0.1) is 24.4 Å². The van der Waals surface area contributed by atoms with E-state index < -0.39 is 13.5 Å². The lowest BCUT2D eigenvalue weighted by Gasteiger charge is -2.32. The van der Waals surface area contributed by atoms with Gasteiger partial charge >= 0.3 is 7.12 Å². The number of alkyl halides is 2. The SMILES string of the molecule is CC1(C)OB(c2cccc(OCC3CCN(CC(F)F)CC3)c2)OC1(C)C. The third kappa shape index (κ3) is 5.01. The maximum atomic E-state index is 12.5. The minimum atomic E-state index is -2.25. The Kier molecular flexibility index (Phi) is 6.13. The van der Waals surface area contributed by atoms with Crippen LogP contribution in [0.4, 0.5) is 8.78 Å². The number of hydrogen-bond donors (Lipinski definition) is 0. The molecule has 0 N–H and O–H groups in total. The van der Waals surface area contributed by atoms with Gasteiger partial charge in [-0.25, -0.2) is 8.78 Å². The zero-order chi connectivity index (χ0) is 19.7. The van der Waals surface area contributed by atoms with Crippen LogP contribution in [0.1, 0.15) is 40.5 Å². The van der Waals surface area contributed by atoms with E-state index in [-0.39, 0.29) is 17.7 Å². The van der Waals surface area contributed by atoms with E-state index in [2.05, 4.69) is 0 Å². The lowest BCUT2D eigenvalue weighted by Crippen LogP contribution is -2.41. The minimum Gasteiger partial charge on any atom is -0.493 e. The van der Waals surface area contributed by atoms with E-state index in [4.69, 9.17) is 14.0 Å². The first-order chi connectivity index (χ1) is 12.7. The average molecular weight is 381 g/mol. The highest BCUT2D eigenvalue weighted by Crippen LogP contribution is 2.36. The highest BCUT2D eigenvalue weighted by Gasteiger charge is 2.51. The number of piperidine rings is 1. The number of nitrogens with zero attached hydrogens (tertiary/aromatic N) is 1. The summed E-state index contributed by atoms with van der Waals surface area (Å²) in [7, 11) is -0.406. The van der Waals surface area contributed by atoms with Crippen molar-refractivity contribution in [3.8, 4) is 5.75 Å². The molecule has 0 unspecified atom stereocenters. The molecule has 4 nitrogen and oxygen atoms in total. The molecule has 0 amide bonds. The van der Waals surface area contributed by atoms with E-state index in [1.807, 2.05) is 56.9 Å². The zero-order valence-corrected chi connectivity index (χ0v) is 16.7. The Labute approximate surface area is 161 Å². The molecule has 0 saturated carbocycles. The molecule has 2 saturated heterocycles. The second-order valence-electron chi connectivity index (χ2n) is 8.61. The molecule has 2 aliphatic heterocycles. The lowest BCUT2D eigenvalue weighted by atomic mass is 9.79. The number of hydrogen-bond acceptors (Lipinski definition) is 4. The van der Waals surface area contributed by atoms with E-state index in [9.17, 15) is 8.78 Å². The van der Waals surface area contributed by atoms with Gasteiger partial charge in [0.1, 0.15) is 5.75 Å². The molecule has 2 aliphatic rings. The molecule has 27 heavy (non-hydrogen) atoms. The van der Waals surface area contributed by atoms with Crippen LogP contribution < -0.4 is 10.2 Å². The summed E-state index contributed by atoms with van der Waals surface area (Å²) < 4.78 is 43.1. The Morgan fingerprint density at radius 3 is 2.37 bits per heavy atom. The molecule has 150 valence electrons. The Morgan fingerprint density at radius 2 is 1.78 bits per heavy atom. The summed E-state index contributed by atoms with van der Waals surface area (Å²) in [6, 6.07) is 7.83. The Bertz CT molecular complexity index is 617. The van der Waals surface area contributed by atoms with Crippen LogP contribution in [0.3, 0.4) is 0 Å². The monoisotopic (exact) mass is 381 g/mol. The van der Waals surface area contributed by atoms with Crippen molar-refractivity contribution in [3.05, 3.63) is 24.3 Å². The third-order valence-electron chi connectivity index (χ3n) is 5.97.